The molecular weight excluding hydrogens is 475 g/mol. The maximum absolute atomic E-state index is 13.0. The Morgan fingerprint density at radius 3 is 2.00 bits per heavy atom. The first kappa shape index (κ1) is 30.3. The van der Waals surface area contributed by atoms with Gasteiger partial charge in [-0.3, -0.25) is 4.79 Å². The minimum absolute atomic E-state index is 0.0853. The number of aromatic nitrogens is 1. The zero-order valence-electron chi connectivity index (χ0n) is 22.4. The Labute approximate surface area is 227 Å². The number of rotatable bonds is 17. The first-order valence-corrected chi connectivity index (χ1v) is 13.4. The van der Waals surface area contributed by atoms with E-state index in [0.717, 1.165) is 50.5 Å². The highest BCUT2D eigenvalue weighted by molar-refractivity contribution is 5.93. The fourth-order valence-electron chi connectivity index (χ4n) is 3.44. The second-order valence-corrected chi connectivity index (χ2v) is 8.76. The number of carbonyl (C=O) groups excluding carboxylic acids is 1. The molecule has 1 heterocycles. The minimum atomic E-state index is -0.269. The molecule has 5 nitrogen and oxygen atoms in total. The Balaban J connectivity index is 1.55. The number of unbranched alkanes of at least 4 members (excludes halogenated alkanes) is 1. The Morgan fingerprint density at radius 1 is 0.842 bits per heavy atom. The first-order chi connectivity index (χ1) is 18.6. The molecule has 202 valence electrons. The van der Waals surface area contributed by atoms with E-state index < -0.39 is 0 Å². The summed E-state index contributed by atoms with van der Waals surface area (Å²) in [6.07, 6.45) is 28.7. The molecule has 0 radical (unpaired) electrons. The van der Waals surface area contributed by atoms with Crippen LogP contribution >= 0.6 is 0 Å². The molecule has 0 unspecified atom stereocenters. The smallest absolute Gasteiger partial charge is 0.224 e. The van der Waals surface area contributed by atoms with Gasteiger partial charge in [0.05, 0.1) is 5.69 Å². The summed E-state index contributed by atoms with van der Waals surface area (Å²) in [4.78, 5) is 16.6. The van der Waals surface area contributed by atoms with Gasteiger partial charge in [0, 0.05) is 13.0 Å². The quantitative estimate of drug-likeness (QED) is 0.146. The number of amides is 1. The van der Waals surface area contributed by atoms with Crippen molar-refractivity contribution < 1.29 is 9.18 Å². The highest BCUT2D eigenvalue weighted by Gasteiger charge is 2.07. The number of halogens is 1. The second-order valence-electron chi connectivity index (χ2n) is 8.76. The van der Waals surface area contributed by atoms with Crippen LogP contribution in [0, 0.1) is 5.82 Å². The van der Waals surface area contributed by atoms with E-state index in [1.807, 2.05) is 0 Å². The normalized spacial score (nSPS) is 12.1. The molecule has 0 aliphatic rings. The highest BCUT2D eigenvalue weighted by Crippen LogP contribution is 2.19. The molecule has 0 fully saturated rings. The standard InChI is InChI=1S/C32H41FN4O/c1-2-3-4-5-6-7-8-9-10-11-12-13-14-15-16-17-18-19-31(38)36-29-24-25-30(37-32(29)34)35-26-27-20-22-28(33)23-21-27/h3-4,6-7,9-10,12-13,15-16,20-25H,2,5,8,11,14,17-19,26H2,1H3,(H,36,38)(H3,34,35,37)/b4-3-,7-6-,10-9-,13-12-,16-15-. The van der Waals surface area contributed by atoms with Crippen molar-refractivity contribution in [3.63, 3.8) is 0 Å². The molecule has 2 rings (SSSR count). The number of anilines is 3. The third kappa shape index (κ3) is 14.0. The molecule has 2 aromatic rings. The van der Waals surface area contributed by atoms with Gasteiger partial charge < -0.3 is 16.4 Å². The average Bonchev–Trinajstić information content (AvgIpc) is 2.91. The van der Waals surface area contributed by atoms with Gasteiger partial charge in [-0.15, -0.1) is 0 Å². The third-order valence-electron chi connectivity index (χ3n) is 5.52. The molecular formula is C32H41FN4O. The summed E-state index contributed by atoms with van der Waals surface area (Å²) in [6, 6.07) is 9.74. The van der Waals surface area contributed by atoms with Crippen molar-refractivity contribution in [3.05, 3.63) is 109 Å². The van der Waals surface area contributed by atoms with Gasteiger partial charge in [-0.05, 0) is 74.8 Å². The molecule has 0 bridgehead atoms. The number of nitrogens with two attached hydrogens (primary N) is 1. The number of nitrogen functional groups attached to an aromatic ring is 1. The average molecular weight is 517 g/mol. The summed E-state index contributed by atoms with van der Waals surface area (Å²) in [5, 5.41) is 5.97. The largest absolute Gasteiger partial charge is 0.382 e. The lowest BCUT2D eigenvalue weighted by Crippen LogP contribution is -2.13. The molecule has 1 amide bonds. The summed E-state index contributed by atoms with van der Waals surface area (Å²) in [6.45, 7) is 2.64. The zero-order valence-corrected chi connectivity index (χ0v) is 22.4. The molecule has 0 aliphatic carbocycles. The number of hydrogen-bond acceptors (Lipinski definition) is 4. The fourth-order valence-corrected chi connectivity index (χ4v) is 3.44. The van der Waals surface area contributed by atoms with E-state index in [-0.39, 0.29) is 17.5 Å². The van der Waals surface area contributed by atoms with Crippen LogP contribution in [0.3, 0.4) is 0 Å². The van der Waals surface area contributed by atoms with Crippen molar-refractivity contribution >= 4 is 23.2 Å². The maximum Gasteiger partial charge on any atom is 0.224 e. The number of nitrogens with one attached hydrogen (secondary N) is 2. The topological polar surface area (TPSA) is 80.0 Å². The molecule has 0 aliphatic heterocycles. The molecule has 4 N–H and O–H groups in total. The number of pyridine rings is 1. The van der Waals surface area contributed by atoms with E-state index in [1.165, 1.54) is 12.1 Å². The van der Waals surface area contributed by atoms with E-state index in [0.29, 0.717) is 24.5 Å². The van der Waals surface area contributed by atoms with Gasteiger partial charge in [-0.2, -0.15) is 0 Å². The van der Waals surface area contributed by atoms with Crippen molar-refractivity contribution in [2.75, 3.05) is 16.4 Å². The van der Waals surface area contributed by atoms with Crippen molar-refractivity contribution in [2.45, 2.75) is 64.8 Å². The van der Waals surface area contributed by atoms with Crippen LogP contribution < -0.4 is 16.4 Å². The van der Waals surface area contributed by atoms with Gasteiger partial charge in [0.25, 0.3) is 0 Å². The van der Waals surface area contributed by atoms with Crippen LogP contribution in [0.25, 0.3) is 0 Å². The molecule has 0 saturated heterocycles. The van der Waals surface area contributed by atoms with E-state index >= 15 is 0 Å². The van der Waals surface area contributed by atoms with E-state index in [9.17, 15) is 9.18 Å². The predicted molar refractivity (Wildman–Crippen MR) is 159 cm³/mol. The van der Waals surface area contributed by atoms with Gasteiger partial charge in [0.2, 0.25) is 5.91 Å². The Morgan fingerprint density at radius 2 is 1.42 bits per heavy atom. The Hall–Kier alpha value is -3.93. The van der Waals surface area contributed by atoms with Crippen LogP contribution in [0.4, 0.5) is 21.7 Å². The predicted octanol–water partition coefficient (Wildman–Crippen LogP) is 8.28. The van der Waals surface area contributed by atoms with Gasteiger partial charge in [0.15, 0.2) is 0 Å². The van der Waals surface area contributed by atoms with Crippen LogP contribution in [-0.4, -0.2) is 10.9 Å². The number of nitrogens with zero attached hydrogens (tertiary/aromatic N) is 1. The summed E-state index contributed by atoms with van der Waals surface area (Å²) < 4.78 is 13.0. The van der Waals surface area contributed by atoms with Crippen LogP contribution in [0.15, 0.2) is 97.2 Å². The maximum atomic E-state index is 13.0. The fraction of sp³-hybridized carbons (Fsp3) is 0.312. The minimum Gasteiger partial charge on any atom is -0.382 e. The molecule has 0 atom stereocenters. The van der Waals surface area contributed by atoms with Crippen LogP contribution in [-0.2, 0) is 11.3 Å². The van der Waals surface area contributed by atoms with Crippen LogP contribution in [0.1, 0.15) is 63.9 Å². The van der Waals surface area contributed by atoms with Gasteiger partial charge in [-0.1, -0.05) is 79.8 Å². The third-order valence-corrected chi connectivity index (χ3v) is 5.52. The number of hydrogen-bond donors (Lipinski definition) is 3. The summed E-state index contributed by atoms with van der Waals surface area (Å²) in [5.74, 6) is 0.482. The van der Waals surface area contributed by atoms with Crippen molar-refractivity contribution in [3.8, 4) is 0 Å². The van der Waals surface area contributed by atoms with Gasteiger partial charge in [-0.25, -0.2) is 9.37 Å². The zero-order chi connectivity index (χ0) is 27.3. The monoisotopic (exact) mass is 516 g/mol. The van der Waals surface area contributed by atoms with E-state index in [1.54, 1.807) is 24.3 Å². The molecule has 1 aromatic carbocycles. The Bertz CT molecular complexity index is 1100. The molecule has 6 heteroatoms. The molecule has 0 spiro atoms. The second kappa shape index (κ2) is 19.2. The lowest BCUT2D eigenvalue weighted by Gasteiger charge is -2.10. The molecule has 1 aromatic heterocycles. The molecule has 38 heavy (non-hydrogen) atoms. The van der Waals surface area contributed by atoms with Gasteiger partial charge in [0.1, 0.15) is 17.5 Å². The summed E-state index contributed by atoms with van der Waals surface area (Å²) in [7, 11) is 0. The Kier molecular flexibility index (Phi) is 15.3. The van der Waals surface area contributed by atoms with Gasteiger partial charge >= 0.3 is 0 Å². The molecule has 0 saturated carbocycles. The van der Waals surface area contributed by atoms with E-state index in [2.05, 4.69) is 83.3 Å². The lowest BCUT2D eigenvalue weighted by molar-refractivity contribution is -0.116. The number of benzene rings is 1. The van der Waals surface area contributed by atoms with Crippen LogP contribution in [0.2, 0.25) is 0 Å². The highest BCUT2D eigenvalue weighted by atomic mass is 19.1. The summed E-state index contributed by atoms with van der Waals surface area (Å²) >= 11 is 0. The van der Waals surface area contributed by atoms with Crippen molar-refractivity contribution in [1.82, 2.24) is 4.98 Å². The van der Waals surface area contributed by atoms with Crippen molar-refractivity contribution in [1.29, 1.82) is 0 Å². The lowest BCUT2D eigenvalue weighted by atomic mass is 10.2. The first-order valence-electron chi connectivity index (χ1n) is 13.4. The number of allylic oxidation sites excluding steroid dienone is 10. The SMILES string of the molecule is CC/C=C\C/C=C\C/C=C\C/C=C\C/C=C\CCCC(=O)Nc1ccc(NCc2ccc(F)cc2)nc1N. The number of carbonyl (C=O) groups is 1. The van der Waals surface area contributed by atoms with E-state index in [4.69, 9.17) is 5.73 Å². The van der Waals surface area contributed by atoms with Crippen LogP contribution in [0.5, 0.6) is 0 Å². The van der Waals surface area contributed by atoms with Crippen molar-refractivity contribution in [2.24, 2.45) is 0 Å². The summed E-state index contributed by atoms with van der Waals surface area (Å²) in [5.41, 5.74) is 7.44.